The Balaban J connectivity index is 1.64. The maximum atomic E-state index is 12.5. The molecule has 2 aliphatic rings. The molecule has 1 heterocycles. The zero-order valence-electron chi connectivity index (χ0n) is 13.2. The normalized spacial score (nSPS) is 22.9. The van der Waals surface area contributed by atoms with E-state index in [4.69, 9.17) is 4.74 Å². The third kappa shape index (κ3) is 3.62. The number of benzene rings is 1. The minimum atomic E-state index is -3.46. The Morgan fingerprint density at radius 2 is 2.09 bits per heavy atom. The molecule has 1 aromatic rings. The van der Waals surface area contributed by atoms with Gasteiger partial charge in [0.05, 0.1) is 12.0 Å². The second kappa shape index (κ2) is 6.18. The molecule has 1 unspecified atom stereocenters. The zero-order chi connectivity index (χ0) is 15.7. The van der Waals surface area contributed by atoms with Crippen LogP contribution in [0.2, 0.25) is 0 Å². The molecular formula is C16H24N2O3S. The molecule has 1 N–H and O–H groups in total. The first-order valence-corrected chi connectivity index (χ1v) is 9.35. The van der Waals surface area contributed by atoms with E-state index in [0.717, 1.165) is 37.5 Å². The highest BCUT2D eigenvalue weighted by atomic mass is 32.2. The van der Waals surface area contributed by atoms with Gasteiger partial charge in [0, 0.05) is 19.1 Å². The second-order valence-corrected chi connectivity index (χ2v) is 8.16. The van der Waals surface area contributed by atoms with Gasteiger partial charge in [0.2, 0.25) is 10.0 Å². The number of aryl methyl sites for hydroxylation is 1. The SMILES string of the molecule is COc1ccc(S(=O)(=O)NC2CCN(CC3CC3)C2)cc1C. The summed E-state index contributed by atoms with van der Waals surface area (Å²) >= 11 is 0. The number of rotatable bonds is 6. The number of likely N-dealkylation sites (tertiary alicyclic amines) is 1. The van der Waals surface area contributed by atoms with E-state index in [9.17, 15) is 8.42 Å². The fourth-order valence-electron chi connectivity index (χ4n) is 3.07. The molecule has 0 amide bonds. The van der Waals surface area contributed by atoms with Gasteiger partial charge in [-0.1, -0.05) is 0 Å². The fourth-order valence-corrected chi connectivity index (χ4v) is 4.41. The Labute approximate surface area is 132 Å². The topological polar surface area (TPSA) is 58.6 Å². The molecule has 0 bridgehead atoms. The largest absolute Gasteiger partial charge is 0.496 e. The van der Waals surface area contributed by atoms with Gasteiger partial charge in [-0.15, -0.1) is 0 Å². The Morgan fingerprint density at radius 1 is 1.32 bits per heavy atom. The molecule has 0 aromatic heterocycles. The van der Waals surface area contributed by atoms with E-state index in [1.165, 1.54) is 12.8 Å². The molecule has 6 heteroatoms. The molecule has 0 spiro atoms. The number of nitrogens with one attached hydrogen (secondary N) is 1. The average molecular weight is 324 g/mol. The molecule has 1 saturated heterocycles. The lowest BCUT2D eigenvalue weighted by molar-refractivity contribution is 0.318. The lowest BCUT2D eigenvalue weighted by atomic mass is 10.2. The molecule has 1 aromatic carbocycles. The predicted molar refractivity (Wildman–Crippen MR) is 85.6 cm³/mol. The number of hydrogen-bond donors (Lipinski definition) is 1. The van der Waals surface area contributed by atoms with Gasteiger partial charge in [-0.2, -0.15) is 0 Å². The molecule has 1 saturated carbocycles. The summed E-state index contributed by atoms with van der Waals surface area (Å²) in [6.07, 6.45) is 3.55. The van der Waals surface area contributed by atoms with Crippen molar-refractivity contribution in [1.82, 2.24) is 9.62 Å². The summed E-state index contributed by atoms with van der Waals surface area (Å²) < 4.78 is 33.1. The highest BCUT2D eigenvalue weighted by Crippen LogP contribution is 2.31. The van der Waals surface area contributed by atoms with Crippen LogP contribution >= 0.6 is 0 Å². The quantitative estimate of drug-likeness (QED) is 0.866. The van der Waals surface area contributed by atoms with Gasteiger partial charge in [0.1, 0.15) is 5.75 Å². The van der Waals surface area contributed by atoms with Gasteiger partial charge in [0.25, 0.3) is 0 Å². The minimum absolute atomic E-state index is 0.0196. The van der Waals surface area contributed by atoms with Crippen LogP contribution in [0.5, 0.6) is 5.75 Å². The van der Waals surface area contributed by atoms with Gasteiger partial charge >= 0.3 is 0 Å². The molecule has 1 atom stereocenters. The van der Waals surface area contributed by atoms with E-state index >= 15 is 0 Å². The highest BCUT2D eigenvalue weighted by molar-refractivity contribution is 7.89. The molecule has 1 aliphatic carbocycles. The first-order valence-electron chi connectivity index (χ1n) is 7.87. The van der Waals surface area contributed by atoms with Crippen LogP contribution in [-0.2, 0) is 10.0 Å². The Hall–Kier alpha value is -1.11. The highest BCUT2D eigenvalue weighted by Gasteiger charge is 2.31. The molecule has 5 nitrogen and oxygen atoms in total. The summed E-state index contributed by atoms with van der Waals surface area (Å²) in [5.41, 5.74) is 0.826. The van der Waals surface area contributed by atoms with Crippen molar-refractivity contribution < 1.29 is 13.2 Å². The van der Waals surface area contributed by atoms with Crippen molar-refractivity contribution in [2.75, 3.05) is 26.7 Å². The monoisotopic (exact) mass is 324 g/mol. The number of nitrogens with zero attached hydrogens (tertiary/aromatic N) is 1. The van der Waals surface area contributed by atoms with Crippen LogP contribution in [0.4, 0.5) is 0 Å². The fraction of sp³-hybridized carbons (Fsp3) is 0.625. The summed E-state index contributed by atoms with van der Waals surface area (Å²) in [5.74, 6) is 1.55. The summed E-state index contributed by atoms with van der Waals surface area (Å²) in [6.45, 7) is 4.79. The van der Waals surface area contributed by atoms with Gasteiger partial charge in [-0.3, -0.25) is 0 Å². The van der Waals surface area contributed by atoms with Crippen molar-refractivity contribution in [3.8, 4) is 5.75 Å². The van der Waals surface area contributed by atoms with E-state index in [-0.39, 0.29) is 6.04 Å². The van der Waals surface area contributed by atoms with Crippen molar-refractivity contribution in [3.63, 3.8) is 0 Å². The summed E-state index contributed by atoms with van der Waals surface area (Å²) in [4.78, 5) is 2.69. The molecule has 3 rings (SSSR count). The van der Waals surface area contributed by atoms with Crippen molar-refractivity contribution in [2.45, 2.75) is 37.1 Å². The number of methoxy groups -OCH3 is 1. The van der Waals surface area contributed by atoms with Crippen molar-refractivity contribution in [1.29, 1.82) is 0 Å². The van der Waals surface area contributed by atoms with E-state index in [2.05, 4.69) is 9.62 Å². The van der Waals surface area contributed by atoms with Gasteiger partial charge in [-0.05, 0) is 62.4 Å². The number of sulfonamides is 1. The average Bonchev–Trinajstić information content (AvgIpc) is 3.18. The van der Waals surface area contributed by atoms with Crippen LogP contribution in [-0.4, -0.2) is 46.1 Å². The van der Waals surface area contributed by atoms with Gasteiger partial charge < -0.3 is 9.64 Å². The lowest BCUT2D eigenvalue weighted by Gasteiger charge is -2.16. The zero-order valence-corrected chi connectivity index (χ0v) is 14.0. The predicted octanol–water partition coefficient (Wildman–Crippen LogP) is 1.77. The van der Waals surface area contributed by atoms with Gasteiger partial charge in [-0.25, -0.2) is 13.1 Å². The maximum absolute atomic E-state index is 12.5. The summed E-state index contributed by atoms with van der Waals surface area (Å²) in [5, 5.41) is 0. The van der Waals surface area contributed by atoms with Crippen molar-refractivity contribution in [3.05, 3.63) is 23.8 Å². The lowest BCUT2D eigenvalue weighted by Crippen LogP contribution is -2.37. The third-order valence-corrected chi connectivity index (χ3v) is 6.00. The first kappa shape index (κ1) is 15.8. The smallest absolute Gasteiger partial charge is 0.240 e. The molecule has 22 heavy (non-hydrogen) atoms. The summed E-state index contributed by atoms with van der Waals surface area (Å²) in [6, 6.07) is 4.99. The second-order valence-electron chi connectivity index (χ2n) is 6.44. The Kier molecular flexibility index (Phi) is 4.43. The van der Waals surface area contributed by atoms with Gasteiger partial charge in [0.15, 0.2) is 0 Å². The maximum Gasteiger partial charge on any atom is 0.240 e. The van der Waals surface area contributed by atoms with E-state index < -0.39 is 10.0 Å². The standard InChI is InChI=1S/C16H24N2O3S/c1-12-9-15(5-6-16(12)21-2)22(19,20)17-14-7-8-18(11-14)10-13-3-4-13/h5-6,9,13-14,17H,3-4,7-8,10-11H2,1-2H3. The number of ether oxygens (including phenoxy) is 1. The molecule has 1 aliphatic heterocycles. The van der Waals surface area contributed by atoms with Crippen LogP contribution in [0, 0.1) is 12.8 Å². The third-order valence-electron chi connectivity index (χ3n) is 4.48. The number of hydrogen-bond acceptors (Lipinski definition) is 4. The minimum Gasteiger partial charge on any atom is -0.496 e. The van der Waals surface area contributed by atoms with E-state index in [1.807, 2.05) is 6.92 Å². The Bertz CT molecular complexity index is 641. The molecular weight excluding hydrogens is 300 g/mol. The molecule has 0 radical (unpaired) electrons. The molecule has 2 fully saturated rings. The van der Waals surface area contributed by atoms with Crippen LogP contribution in [0.1, 0.15) is 24.8 Å². The van der Waals surface area contributed by atoms with Crippen LogP contribution in [0.25, 0.3) is 0 Å². The van der Waals surface area contributed by atoms with Crippen LogP contribution in [0.15, 0.2) is 23.1 Å². The Morgan fingerprint density at radius 3 is 2.73 bits per heavy atom. The van der Waals surface area contributed by atoms with Crippen LogP contribution in [0.3, 0.4) is 0 Å². The molecule has 122 valence electrons. The first-order chi connectivity index (χ1) is 10.5. The van der Waals surface area contributed by atoms with E-state index in [1.54, 1.807) is 25.3 Å². The summed E-state index contributed by atoms with van der Waals surface area (Å²) in [7, 11) is -1.87. The van der Waals surface area contributed by atoms with Crippen molar-refractivity contribution in [2.24, 2.45) is 5.92 Å². The van der Waals surface area contributed by atoms with Crippen LogP contribution < -0.4 is 9.46 Å². The van der Waals surface area contributed by atoms with Crippen molar-refractivity contribution >= 4 is 10.0 Å². The van der Waals surface area contributed by atoms with E-state index in [0.29, 0.717) is 10.6 Å².